The van der Waals surface area contributed by atoms with Crippen LogP contribution in [0, 0.1) is 0 Å². The van der Waals surface area contributed by atoms with E-state index in [1.807, 2.05) is 29.2 Å². The SMILES string of the molecule is CC1CCCCN1C(=O)NCc1cccc(NC(=O)C2CCCO2)c1. The Balaban J connectivity index is 1.52. The van der Waals surface area contributed by atoms with Gasteiger partial charge in [0.25, 0.3) is 5.91 Å². The third kappa shape index (κ3) is 4.72. The summed E-state index contributed by atoms with van der Waals surface area (Å²) in [6.45, 7) is 4.02. The number of benzene rings is 1. The molecule has 3 amide bonds. The minimum atomic E-state index is -0.344. The third-order valence-corrected chi connectivity index (χ3v) is 4.92. The third-order valence-electron chi connectivity index (χ3n) is 4.92. The van der Waals surface area contributed by atoms with E-state index >= 15 is 0 Å². The standard InChI is InChI=1S/C19H27N3O3/c1-14-6-2-3-10-22(14)19(24)20-13-15-7-4-8-16(12-15)21-18(23)17-9-5-11-25-17/h4,7-8,12,14,17H,2-3,5-6,9-11,13H2,1H3,(H,20,24)(H,21,23). The number of hydrogen-bond acceptors (Lipinski definition) is 3. The van der Waals surface area contributed by atoms with Crippen LogP contribution in [0.1, 0.15) is 44.6 Å². The number of amides is 3. The fourth-order valence-electron chi connectivity index (χ4n) is 3.45. The van der Waals surface area contributed by atoms with Crippen molar-refractivity contribution >= 4 is 17.6 Å². The molecule has 1 aromatic rings. The molecular weight excluding hydrogens is 318 g/mol. The molecule has 3 rings (SSSR count). The summed E-state index contributed by atoms with van der Waals surface area (Å²) in [6.07, 6.45) is 4.69. The van der Waals surface area contributed by atoms with Gasteiger partial charge in [0.1, 0.15) is 6.10 Å². The van der Waals surface area contributed by atoms with E-state index in [4.69, 9.17) is 4.74 Å². The molecular formula is C19H27N3O3. The molecule has 2 aliphatic rings. The number of carbonyl (C=O) groups excluding carboxylic acids is 2. The van der Waals surface area contributed by atoms with Crippen LogP contribution >= 0.6 is 0 Å². The highest BCUT2D eigenvalue weighted by Crippen LogP contribution is 2.18. The molecule has 2 unspecified atom stereocenters. The highest BCUT2D eigenvalue weighted by atomic mass is 16.5. The molecule has 2 atom stereocenters. The van der Waals surface area contributed by atoms with E-state index < -0.39 is 0 Å². The van der Waals surface area contributed by atoms with Crippen LogP contribution in [-0.2, 0) is 16.1 Å². The molecule has 6 heteroatoms. The summed E-state index contributed by atoms with van der Waals surface area (Å²) >= 11 is 0. The van der Waals surface area contributed by atoms with Crippen LogP contribution in [-0.4, -0.2) is 42.1 Å². The quantitative estimate of drug-likeness (QED) is 0.881. The van der Waals surface area contributed by atoms with Gasteiger partial charge in [0.15, 0.2) is 0 Å². The van der Waals surface area contributed by atoms with Gasteiger partial charge >= 0.3 is 6.03 Å². The molecule has 2 fully saturated rings. The summed E-state index contributed by atoms with van der Waals surface area (Å²) in [7, 11) is 0. The second-order valence-electron chi connectivity index (χ2n) is 6.89. The Kier molecular flexibility index (Phi) is 5.91. The molecule has 0 spiro atoms. The van der Waals surface area contributed by atoms with Gasteiger partial charge in [0, 0.05) is 31.4 Å². The fourth-order valence-corrected chi connectivity index (χ4v) is 3.45. The lowest BCUT2D eigenvalue weighted by Gasteiger charge is -2.33. The molecule has 0 radical (unpaired) electrons. The van der Waals surface area contributed by atoms with Gasteiger partial charge in [-0.3, -0.25) is 4.79 Å². The van der Waals surface area contributed by atoms with Crippen molar-refractivity contribution in [1.82, 2.24) is 10.2 Å². The zero-order valence-corrected chi connectivity index (χ0v) is 14.8. The second kappa shape index (κ2) is 8.34. The molecule has 2 aliphatic heterocycles. The zero-order valence-electron chi connectivity index (χ0n) is 14.8. The molecule has 136 valence electrons. The van der Waals surface area contributed by atoms with Gasteiger partial charge in [0.2, 0.25) is 0 Å². The average Bonchev–Trinajstić information content (AvgIpc) is 3.15. The number of piperidine rings is 1. The van der Waals surface area contributed by atoms with Crippen molar-refractivity contribution in [2.75, 3.05) is 18.5 Å². The lowest BCUT2D eigenvalue weighted by atomic mass is 10.0. The van der Waals surface area contributed by atoms with Crippen LogP contribution in [0.2, 0.25) is 0 Å². The summed E-state index contributed by atoms with van der Waals surface area (Å²) in [5, 5.41) is 5.88. The smallest absolute Gasteiger partial charge is 0.317 e. The van der Waals surface area contributed by atoms with E-state index in [1.54, 1.807) is 0 Å². The first kappa shape index (κ1) is 17.7. The van der Waals surface area contributed by atoms with E-state index in [1.165, 1.54) is 6.42 Å². The maximum absolute atomic E-state index is 12.3. The number of hydrogen-bond donors (Lipinski definition) is 2. The molecule has 2 heterocycles. The number of nitrogens with zero attached hydrogens (tertiary/aromatic N) is 1. The van der Waals surface area contributed by atoms with Crippen LogP contribution < -0.4 is 10.6 Å². The number of ether oxygens (including phenoxy) is 1. The Bertz CT molecular complexity index is 614. The monoisotopic (exact) mass is 345 g/mol. The first-order valence-corrected chi connectivity index (χ1v) is 9.19. The van der Waals surface area contributed by atoms with Crippen molar-refractivity contribution in [2.45, 2.75) is 57.7 Å². The van der Waals surface area contributed by atoms with Gasteiger partial charge in [-0.1, -0.05) is 12.1 Å². The predicted octanol–water partition coefficient (Wildman–Crippen LogP) is 2.89. The lowest BCUT2D eigenvalue weighted by molar-refractivity contribution is -0.124. The predicted molar refractivity (Wildman–Crippen MR) is 96.3 cm³/mol. The lowest BCUT2D eigenvalue weighted by Crippen LogP contribution is -2.47. The average molecular weight is 345 g/mol. The summed E-state index contributed by atoms with van der Waals surface area (Å²) in [4.78, 5) is 26.4. The van der Waals surface area contributed by atoms with Crippen molar-refractivity contribution in [1.29, 1.82) is 0 Å². The number of rotatable bonds is 4. The van der Waals surface area contributed by atoms with Gasteiger partial charge in [-0.25, -0.2) is 4.79 Å². The number of carbonyl (C=O) groups is 2. The molecule has 0 saturated carbocycles. The van der Waals surface area contributed by atoms with Gasteiger partial charge in [-0.15, -0.1) is 0 Å². The summed E-state index contributed by atoms with van der Waals surface area (Å²) in [5.41, 5.74) is 1.70. The van der Waals surface area contributed by atoms with Crippen molar-refractivity contribution in [3.63, 3.8) is 0 Å². The summed E-state index contributed by atoms with van der Waals surface area (Å²) in [5.74, 6) is -0.0965. The molecule has 0 bridgehead atoms. The Hall–Kier alpha value is -2.08. The Morgan fingerprint density at radius 1 is 1.24 bits per heavy atom. The Morgan fingerprint density at radius 3 is 2.88 bits per heavy atom. The second-order valence-corrected chi connectivity index (χ2v) is 6.89. The van der Waals surface area contributed by atoms with Gasteiger partial charge < -0.3 is 20.3 Å². The van der Waals surface area contributed by atoms with Gasteiger partial charge in [-0.2, -0.15) is 0 Å². The van der Waals surface area contributed by atoms with Crippen LogP contribution in [0.5, 0.6) is 0 Å². The highest BCUT2D eigenvalue weighted by Gasteiger charge is 2.24. The van der Waals surface area contributed by atoms with E-state index in [0.717, 1.165) is 43.5 Å². The van der Waals surface area contributed by atoms with Gasteiger partial charge in [-0.05, 0) is 56.7 Å². The van der Waals surface area contributed by atoms with Crippen molar-refractivity contribution in [2.24, 2.45) is 0 Å². The number of likely N-dealkylation sites (tertiary alicyclic amines) is 1. The van der Waals surface area contributed by atoms with Crippen molar-refractivity contribution in [3.8, 4) is 0 Å². The summed E-state index contributed by atoms with van der Waals surface area (Å²) in [6, 6.07) is 7.86. The largest absolute Gasteiger partial charge is 0.368 e. The Morgan fingerprint density at radius 2 is 2.12 bits per heavy atom. The molecule has 0 aliphatic carbocycles. The molecule has 2 saturated heterocycles. The van der Waals surface area contributed by atoms with Crippen LogP contribution in [0.15, 0.2) is 24.3 Å². The molecule has 0 aromatic heterocycles. The zero-order chi connectivity index (χ0) is 17.6. The minimum Gasteiger partial charge on any atom is -0.368 e. The van der Waals surface area contributed by atoms with Crippen molar-refractivity contribution in [3.05, 3.63) is 29.8 Å². The molecule has 6 nitrogen and oxygen atoms in total. The van der Waals surface area contributed by atoms with E-state index in [2.05, 4.69) is 17.6 Å². The first-order chi connectivity index (χ1) is 12.1. The number of urea groups is 1. The van der Waals surface area contributed by atoms with Crippen LogP contribution in [0.25, 0.3) is 0 Å². The van der Waals surface area contributed by atoms with E-state index in [-0.39, 0.29) is 18.0 Å². The highest BCUT2D eigenvalue weighted by molar-refractivity contribution is 5.94. The Labute approximate surface area is 148 Å². The fraction of sp³-hybridized carbons (Fsp3) is 0.579. The first-order valence-electron chi connectivity index (χ1n) is 9.19. The van der Waals surface area contributed by atoms with Crippen LogP contribution in [0.4, 0.5) is 10.5 Å². The van der Waals surface area contributed by atoms with Gasteiger partial charge in [0.05, 0.1) is 0 Å². The number of nitrogens with one attached hydrogen (secondary N) is 2. The maximum atomic E-state index is 12.3. The van der Waals surface area contributed by atoms with Crippen molar-refractivity contribution < 1.29 is 14.3 Å². The normalized spacial score (nSPS) is 23.3. The minimum absolute atomic E-state index is 0.0130. The summed E-state index contributed by atoms with van der Waals surface area (Å²) < 4.78 is 5.40. The maximum Gasteiger partial charge on any atom is 0.317 e. The van der Waals surface area contributed by atoms with E-state index in [0.29, 0.717) is 19.2 Å². The molecule has 2 N–H and O–H groups in total. The topological polar surface area (TPSA) is 70.7 Å². The molecule has 1 aromatic carbocycles. The number of anilines is 1. The van der Waals surface area contributed by atoms with E-state index in [9.17, 15) is 9.59 Å². The van der Waals surface area contributed by atoms with Crippen LogP contribution in [0.3, 0.4) is 0 Å². The molecule has 25 heavy (non-hydrogen) atoms.